The number of carboxylic acid groups (broad SMARTS) is 1. The van der Waals surface area contributed by atoms with Crippen molar-refractivity contribution >= 4 is 67.3 Å². The van der Waals surface area contributed by atoms with Gasteiger partial charge in [-0.05, 0) is 71.4 Å². The Bertz CT molecular complexity index is 1600. The zero-order chi connectivity index (χ0) is 27.8. The van der Waals surface area contributed by atoms with E-state index in [9.17, 15) is 14.4 Å². The number of aryl methyl sites for hydroxylation is 1. The van der Waals surface area contributed by atoms with E-state index >= 15 is 0 Å². The Hall–Kier alpha value is -4.06. The first kappa shape index (κ1) is 26.5. The van der Waals surface area contributed by atoms with Gasteiger partial charge in [-0.25, -0.2) is 15.0 Å². The van der Waals surface area contributed by atoms with Crippen molar-refractivity contribution in [2.75, 3.05) is 11.1 Å². The normalized spacial score (nSPS) is 19.1. The lowest BCUT2D eigenvalue weighted by atomic mass is 10.0. The van der Waals surface area contributed by atoms with Crippen LogP contribution in [0.2, 0.25) is 0 Å². The van der Waals surface area contributed by atoms with E-state index in [1.165, 1.54) is 6.33 Å². The van der Waals surface area contributed by atoms with E-state index < -0.39 is 12.0 Å². The summed E-state index contributed by atoms with van der Waals surface area (Å²) < 4.78 is 2.38. The number of fused-ring (bicyclic) bond motifs is 3. The fraction of sp³-hybridized carbons (Fsp3) is 0.333. The smallest absolute Gasteiger partial charge is 0.303 e. The highest BCUT2D eigenvalue weighted by Gasteiger charge is 2.43. The average molecular weight is 594 g/mol. The van der Waals surface area contributed by atoms with Crippen LogP contribution in [0.4, 0.5) is 11.6 Å². The minimum atomic E-state index is -0.880. The molecular formula is C27H28BrN7O4. The summed E-state index contributed by atoms with van der Waals surface area (Å²) in [5.74, 6) is -0.597. The van der Waals surface area contributed by atoms with Gasteiger partial charge < -0.3 is 25.6 Å². The van der Waals surface area contributed by atoms with Crippen LogP contribution in [0.25, 0.3) is 21.9 Å². The topological polar surface area (TPSA) is 156 Å². The van der Waals surface area contributed by atoms with Gasteiger partial charge in [0, 0.05) is 17.8 Å². The van der Waals surface area contributed by atoms with E-state index in [0.29, 0.717) is 34.3 Å². The SMILES string of the molecule is C[C@@H]1[C@@H](C)C[C@@H](C(=O)Nc2cccc(Br)n2)N1C(=O)Cn1c2ccc(CCC(=O)O)cc2c2c(N)ncnc21. The van der Waals surface area contributed by atoms with Crippen LogP contribution in [0.15, 0.2) is 47.3 Å². The number of aromatic nitrogens is 4. The zero-order valence-corrected chi connectivity index (χ0v) is 23.1. The third kappa shape index (κ3) is 5.16. The number of hydrogen-bond donors (Lipinski definition) is 3. The number of benzene rings is 1. The highest BCUT2D eigenvalue weighted by Crippen LogP contribution is 2.34. The third-order valence-electron chi connectivity index (χ3n) is 7.40. The van der Waals surface area contributed by atoms with Crippen molar-refractivity contribution in [2.24, 2.45) is 5.92 Å². The van der Waals surface area contributed by atoms with Crippen LogP contribution in [0.5, 0.6) is 0 Å². The number of amides is 2. The first-order valence-corrected chi connectivity index (χ1v) is 13.4. The largest absolute Gasteiger partial charge is 0.481 e. The zero-order valence-electron chi connectivity index (χ0n) is 21.5. The Morgan fingerprint density at radius 1 is 1.18 bits per heavy atom. The van der Waals surface area contributed by atoms with E-state index in [1.54, 1.807) is 27.7 Å². The Morgan fingerprint density at radius 2 is 1.97 bits per heavy atom. The molecule has 1 fully saturated rings. The van der Waals surface area contributed by atoms with Crippen molar-refractivity contribution in [1.82, 2.24) is 24.4 Å². The summed E-state index contributed by atoms with van der Waals surface area (Å²) in [6, 6.07) is 10.0. The third-order valence-corrected chi connectivity index (χ3v) is 7.85. The lowest BCUT2D eigenvalue weighted by molar-refractivity contribution is -0.139. The number of anilines is 2. The molecule has 0 radical (unpaired) electrons. The van der Waals surface area contributed by atoms with E-state index in [4.69, 9.17) is 10.8 Å². The van der Waals surface area contributed by atoms with E-state index in [0.717, 1.165) is 16.5 Å². The summed E-state index contributed by atoms with van der Waals surface area (Å²) in [5, 5.41) is 13.3. The van der Waals surface area contributed by atoms with E-state index in [2.05, 4.69) is 36.2 Å². The summed E-state index contributed by atoms with van der Waals surface area (Å²) in [6.45, 7) is 3.93. The number of halogens is 1. The molecule has 3 atom stereocenters. The van der Waals surface area contributed by atoms with Crippen molar-refractivity contribution < 1.29 is 19.5 Å². The maximum absolute atomic E-state index is 13.9. The molecule has 0 saturated carbocycles. The van der Waals surface area contributed by atoms with E-state index in [1.807, 2.05) is 32.0 Å². The number of nitrogens with one attached hydrogen (secondary N) is 1. The van der Waals surface area contributed by atoms with Crippen LogP contribution >= 0.6 is 15.9 Å². The molecule has 5 rings (SSSR count). The van der Waals surface area contributed by atoms with E-state index in [-0.39, 0.29) is 42.6 Å². The minimum Gasteiger partial charge on any atom is -0.481 e. The molecule has 12 heteroatoms. The van der Waals surface area contributed by atoms with Crippen LogP contribution in [0.3, 0.4) is 0 Å². The van der Waals surface area contributed by atoms with Gasteiger partial charge in [-0.2, -0.15) is 0 Å². The van der Waals surface area contributed by atoms with Gasteiger partial charge in [0.15, 0.2) is 0 Å². The molecule has 39 heavy (non-hydrogen) atoms. The van der Waals surface area contributed by atoms with Gasteiger partial charge in [-0.1, -0.05) is 19.1 Å². The Balaban J connectivity index is 1.48. The fourth-order valence-corrected chi connectivity index (χ4v) is 5.66. The Labute approximate surface area is 232 Å². The van der Waals surface area contributed by atoms with Crippen molar-refractivity contribution in [2.45, 2.75) is 51.7 Å². The van der Waals surface area contributed by atoms with Gasteiger partial charge in [0.25, 0.3) is 0 Å². The predicted molar refractivity (Wildman–Crippen MR) is 150 cm³/mol. The van der Waals surface area contributed by atoms with Crippen molar-refractivity contribution in [3.8, 4) is 0 Å². The minimum absolute atomic E-state index is 0.00143. The molecule has 0 spiro atoms. The second-order valence-corrected chi connectivity index (χ2v) is 10.7. The predicted octanol–water partition coefficient (Wildman–Crippen LogP) is 3.61. The summed E-state index contributed by atoms with van der Waals surface area (Å²) >= 11 is 3.31. The van der Waals surface area contributed by atoms with Gasteiger partial charge in [0.1, 0.15) is 40.8 Å². The van der Waals surface area contributed by atoms with Crippen LogP contribution in [-0.4, -0.2) is 59.4 Å². The standard InChI is InChI=1S/C27H28BrN7O4/c1-14-10-19(27(39)33-21-5-3-4-20(28)32-21)35(15(14)2)22(36)12-34-18-8-6-16(7-9-23(37)38)11-17(18)24-25(29)30-13-31-26(24)34/h3-6,8,11,13-15,19H,7,9-10,12H2,1-2H3,(H,37,38)(H2,29,30,31)(H,32,33,39)/t14-,15+,19-/m0/s1. The van der Waals surface area contributed by atoms with Crippen molar-refractivity contribution in [1.29, 1.82) is 0 Å². The maximum Gasteiger partial charge on any atom is 0.303 e. The van der Waals surface area contributed by atoms with Gasteiger partial charge >= 0.3 is 5.97 Å². The summed E-state index contributed by atoms with van der Waals surface area (Å²) in [6.07, 6.45) is 2.24. The van der Waals surface area contributed by atoms with Crippen LogP contribution in [0.1, 0.15) is 32.3 Å². The second kappa shape index (κ2) is 10.6. The number of aliphatic carboxylic acids is 1. The van der Waals surface area contributed by atoms with Gasteiger partial charge in [-0.3, -0.25) is 14.4 Å². The van der Waals surface area contributed by atoms with Gasteiger partial charge in [0.2, 0.25) is 11.8 Å². The summed E-state index contributed by atoms with van der Waals surface area (Å²) in [7, 11) is 0. The van der Waals surface area contributed by atoms with Crippen LogP contribution in [0, 0.1) is 5.92 Å². The monoisotopic (exact) mass is 593 g/mol. The Morgan fingerprint density at radius 3 is 2.72 bits per heavy atom. The highest BCUT2D eigenvalue weighted by molar-refractivity contribution is 9.10. The molecule has 1 saturated heterocycles. The number of carbonyl (C=O) groups excluding carboxylic acids is 2. The quantitative estimate of drug-likeness (QED) is 0.274. The summed E-state index contributed by atoms with van der Waals surface area (Å²) in [4.78, 5) is 52.7. The Kier molecular flexibility index (Phi) is 7.21. The van der Waals surface area contributed by atoms with Gasteiger partial charge in [0.05, 0.1) is 10.9 Å². The van der Waals surface area contributed by atoms with Crippen LogP contribution in [-0.2, 0) is 27.3 Å². The van der Waals surface area contributed by atoms with Crippen molar-refractivity contribution in [3.05, 3.63) is 52.9 Å². The average Bonchev–Trinajstić information content (AvgIpc) is 3.37. The molecule has 1 aromatic carbocycles. The second-order valence-electron chi connectivity index (χ2n) is 9.89. The van der Waals surface area contributed by atoms with Crippen LogP contribution < -0.4 is 11.1 Å². The molecule has 4 heterocycles. The number of rotatable bonds is 7. The molecule has 2 amide bonds. The van der Waals surface area contributed by atoms with Crippen molar-refractivity contribution in [3.63, 3.8) is 0 Å². The molecule has 1 aliphatic rings. The first-order valence-electron chi connectivity index (χ1n) is 12.6. The number of likely N-dealkylation sites (tertiary alicyclic amines) is 1. The first-order chi connectivity index (χ1) is 18.6. The highest BCUT2D eigenvalue weighted by atomic mass is 79.9. The molecule has 0 bridgehead atoms. The number of carboxylic acids is 1. The molecule has 0 unspecified atom stereocenters. The molecule has 1 aliphatic heterocycles. The number of nitrogens with two attached hydrogens (primary N) is 1. The number of hydrogen-bond acceptors (Lipinski definition) is 7. The molecule has 11 nitrogen and oxygen atoms in total. The lowest BCUT2D eigenvalue weighted by Gasteiger charge is -2.29. The molecule has 0 aliphatic carbocycles. The summed E-state index contributed by atoms with van der Waals surface area (Å²) in [5.41, 5.74) is 8.29. The molecule has 4 N–H and O–H groups in total. The molecular weight excluding hydrogens is 566 g/mol. The number of nitrogen functional groups attached to an aromatic ring is 1. The number of pyridine rings is 1. The molecule has 202 valence electrons. The fourth-order valence-electron chi connectivity index (χ4n) is 5.31. The number of carbonyl (C=O) groups is 3. The number of nitrogens with zero attached hydrogens (tertiary/aromatic N) is 5. The molecule has 4 aromatic rings. The lowest BCUT2D eigenvalue weighted by Crippen LogP contribution is -2.47. The van der Waals surface area contributed by atoms with Gasteiger partial charge in [-0.15, -0.1) is 0 Å². The maximum atomic E-state index is 13.9. The molecule has 3 aromatic heterocycles.